The molecule has 0 atom stereocenters. The van der Waals surface area contributed by atoms with Gasteiger partial charge in [-0.2, -0.15) is 0 Å². The van der Waals surface area contributed by atoms with Gasteiger partial charge in [0.25, 0.3) is 0 Å². The van der Waals surface area contributed by atoms with Crippen LogP contribution in [-0.2, 0) is 14.6 Å². The first kappa shape index (κ1) is 9.74. The average Bonchev–Trinajstić information content (AvgIpc) is 1.81. The van der Waals surface area contributed by atoms with Crippen molar-refractivity contribution in [3.05, 3.63) is 11.6 Å². The Kier molecular flexibility index (Phi) is 2.31. The van der Waals surface area contributed by atoms with Gasteiger partial charge in [0.2, 0.25) is 0 Å². The molecule has 0 aliphatic carbocycles. The van der Waals surface area contributed by atoms with Crippen LogP contribution in [0.25, 0.3) is 0 Å². The molecule has 12 heavy (non-hydrogen) atoms. The SMILES string of the molecule is C=C(Cl)CC1(C=O)CS(=O)(=O)C1. The summed E-state index contributed by atoms with van der Waals surface area (Å²) in [4.78, 5) is 10.6. The van der Waals surface area contributed by atoms with E-state index in [0.29, 0.717) is 11.3 Å². The molecule has 1 saturated heterocycles. The van der Waals surface area contributed by atoms with Gasteiger partial charge >= 0.3 is 0 Å². The van der Waals surface area contributed by atoms with E-state index < -0.39 is 15.3 Å². The van der Waals surface area contributed by atoms with Gasteiger partial charge in [-0.3, -0.25) is 0 Å². The molecular formula is C7H9ClO3S. The van der Waals surface area contributed by atoms with Crippen molar-refractivity contribution in [2.45, 2.75) is 6.42 Å². The zero-order valence-corrected chi connectivity index (χ0v) is 7.99. The van der Waals surface area contributed by atoms with Gasteiger partial charge in [-0.1, -0.05) is 18.2 Å². The van der Waals surface area contributed by atoms with Crippen LogP contribution in [0.15, 0.2) is 11.6 Å². The van der Waals surface area contributed by atoms with Crippen LogP contribution in [0.1, 0.15) is 6.42 Å². The minimum absolute atomic E-state index is 0.0881. The number of sulfone groups is 1. The van der Waals surface area contributed by atoms with Crippen molar-refractivity contribution in [1.82, 2.24) is 0 Å². The fourth-order valence-electron chi connectivity index (χ4n) is 1.43. The van der Waals surface area contributed by atoms with Crippen LogP contribution >= 0.6 is 11.6 Å². The molecule has 0 amide bonds. The fraction of sp³-hybridized carbons (Fsp3) is 0.571. The summed E-state index contributed by atoms with van der Waals surface area (Å²) >= 11 is 5.50. The second-order valence-corrected chi connectivity index (χ2v) is 5.81. The molecule has 5 heteroatoms. The molecule has 0 saturated carbocycles. The van der Waals surface area contributed by atoms with E-state index in [4.69, 9.17) is 11.6 Å². The molecule has 0 aromatic rings. The number of rotatable bonds is 3. The van der Waals surface area contributed by atoms with Crippen molar-refractivity contribution >= 4 is 27.7 Å². The number of allylic oxidation sites excluding steroid dienone is 1. The summed E-state index contributed by atoms with van der Waals surface area (Å²) in [7, 11) is -2.98. The molecule has 1 rings (SSSR count). The van der Waals surface area contributed by atoms with Crippen molar-refractivity contribution in [3.8, 4) is 0 Å². The molecule has 68 valence electrons. The molecule has 0 N–H and O–H groups in total. The van der Waals surface area contributed by atoms with E-state index in [1.807, 2.05) is 0 Å². The maximum atomic E-state index is 10.8. The first-order valence-electron chi connectivity index (χ1n) is 3.39. The average molecular weight is 209 g/mol. The Bertz CT molecular complexity index is 306. The largest absolute Gasteiger partial charge is 0.303 e. The zero-order chi connectivity index (χ0) is 9.41. The number of hydrogen-bond donors (Lipinski definition) is 0. The van der Waals surface area contributed by atoms with Gasteiger partial charge in [0.05, 0.1) is 16.9 Å². The number of carbonyl (C=O) groups excluding carboxylic acids is 1. The van der Waals surface area contributed by atoms with Crippen molar-refractivity contribution < 1.29 is 13.2 Å². The lowest BCUT2D eigenvalue weighted by Gasteiger charge is -2.35. The molecule has 1 heterocycles. The van der Waals surface area contributed by atoms with E-state index in [2.05, 4.69) is 6.58 Å². The van der Waals surface area contributed by atoms with Crippen LogP contribution in [0, 0.1) is 5.41 Å². The van der Waals surface area contributed by atoms with E-state index in [1.165, 1.54) is 0 Å². The molecule has 0 spiro atoms. The quantitative estimate of drug-likeness (QED) is 0.643. The fourth-order valence-corrected chi connectivity index (χ4v) is 3.70. The number of carbonyl (C=O) groups is 1. The minimum Gasteiger partial charge on any atom is -0.303 e. The molecule has 0 radical (unpaired) electrons. The molecule has 0 aromatic heterocycles. The summed E-state index contributed by atoms with van der Waals surface area (Å²) in [5.41, 5.74) is -0.780. The lowest BCUT2D eigenvalue weighted by molar-refractivity contribution is -0.114. The molecule has 1 aliphatic rings. The van der Waals surface area contributed by atoms with Crippen LogP contribution in [0.3, 0.4) is 0 Å². The number of aldehydes is 1. The highest BCUT2D eigenvalue weighted by Crippen LogP contribution is 2.37. The highest BCUT2D eigenvalue weighted by molar-refractivity contribution is 7.93. The van der Waals surface area contributed by atoms with Crippen molar-refractivity contribution in [1.29, 1.82) is 0 Å². The molecule has 3 nitrogen and oxygen atoms in total. The summed E-state index contributed by atoms with van der Waals surface area (Å²) < 4.78 is 21.6. The van der Waals surface area contributed by atoms with Gasteiger partial charge in [-0.05, 0) is 6.42 Å². The van der Waals surface area contributed by atoms with E-state index in [9.17, 15) is 13.2 Å². The molecule has 1 aliphatic heterocycles. The highest BCUT2D eigenvalue weighted by Gasteiger charge is 2.48. The smallest absolute Gasteiger partial charge is 0.152 e. The summed E-state index contributed by atoms with van der Waals surface area (Å²) in [6.07, 6.45) is 0.929. The molecular weight excluding hydrogens is 200 g/mol. The van der Waals surface area contributed by atoms with Gasteiger partial charge in [0, 0.05) is 5.03 Å². The second-order valence-electron chi connectivity index (χ2n) is 3.21. The Morgan fingerprint density at radius 3 is 2.33 bits per heavy atom. The first-order chi connectivity index (χ1) is 5.39. The van der Waals surface area contributed by atoms with E-state index >= 15 is 0 Å². The van der Waals surface area contributed by atoms with Crippen LogP contribution < -0.4 is 0 Å². The van der Waals surface area contributed by atoms with Gasteiger partial charge in [0.15, 0.2) is 9.84 Å². The Labute approximate surface area is 76.3 Å². The lowest BCUT2D eigenvalue weighted by Crippen LogP contribution is -2.49. The summed E-state index contributed by atoms with van der Waals surface area (Å²) in [5, 5.41) is 0.331. The Morgan fingerprint density at radius 1 is 1.58 bits per heavy atom. The summed E-state index contributed by atoms with van der Waals surface area (Å²) in [6.45, 7) is 3.43. The maximum absolute atomic E-state index is 10.8. The van der Waals surface area contributed by atoms with Crippen LogP contribution in [-0.4, -0.2) is 26.2 Å². The predicted octanol–water partition coefficient (Wildman–Crippen LogP) is 0.743. The third-order valence-electron chi connectivity index (χ3n) is 1.81. The second kappa shape index (κ2) is 2.85. The van der Waals surface area contributed by atoms with Crippen molar-refractivity contribution in [3.63, 3.8) is 0 Å². The van der Waals surface area contributed by atoms with E-state index in [0.717, 1.165) is 0 Å². The minimum atomic E-state index is -2.98. The van der Waals surface area contributed by atoms with Crippen LogP contribution in [0.2, 0.25) is 0 Å². The van der Waals surface area contributed by atoms with Crippen molar-refractivity contribution in [2.75, 3.05) is 11.5 Å². The van der Waals surface area contributed by atoms with E-state index in [-0.39, 0.29) is 17.9 Å². The Balaban J connectivity index is 2.71. The van der Waals surface area contributed by atoms with Crippen LogP contribution in [0.4, 0.5) is 0 Å². The first-order valence-corrected chi connectivity index (χ1v) is 5.59. The van der Waals surface area contributed by atoms with Gasteiger partial charge < -0.3 is 4.79 Å². The third-order valence-corrected chi connectivity index (χ3v) is 3.97. The van der Waals surface area contributed by atoms with E-state index in [1.54, 1.807) is 0 Å². The molecule has 0 bridgehead atoms. The van der Waals surface area contributed by atoms with Gasteiger partial charge in [0.1, 0.15) is 6.29 Å². The maximum Gasteiger partial charge on any atom is 0.152 e. The lowest BCUT2D eigenvalue weighted by atomic mass is 9.90. The Morgan fingerprint density at radius 2 is 2.08 bits per heavy atom. The Hall–Kier alpha value is -0.350. The normalized spacial score (nSPS) is 24.1. The number of hydrogen-bond acceptors (Lipinski definition) is 3. The third kappa shape index (κ3) is 1.87. The topological polar surface area (TPSA) is 51.2 Å². The summed E-state index contributed by atoms with van der Waals surface area (Å²) in [6, 6.07) is 0. The zero-order valence-electron chi connectivity index (χ0n) is 6.42. The highest BCUT2D eigenvalue weighted by atomic mass is 35.5. The number of halogens is 1. The molecule has 1 fully saturated rings. The van der Waals surface area contributed by atoms with Gasteiger partial charge in [-0.25, -0.2) is 8.42 Å². The van der Waals surface area contributed by atoms with Crippen LogP contribution in [0.5, 0.6) is 0 Å². The standard InChI is InChI=1S/C7H9ClO3S/c1-6(8)2-7(3-9)4-12(10,11)5-7/h3H,1-2,4-5H2. The van der Waals surface area contributed by atoms with Crippen molar-refractivity contribution in [2.24, 2.45) is 5.41 Å². The monoisotopic (exact) mass is 208 g/mol. The van der Waals surface area contributed by atoms with Gasteiger partial charge in [-0.15, -0.1) is 0 Å². The molecule has 0 aromatic carbocycles. The molecule has 0 unspecified atom stereocenters. The predicted molar refractivity (Wildman–Crippen MR) is 46.8 cm³/mol. The summed E-state index contributed by atoms with van der Waals surface area (Å²) in [5.74, 6) is -0.176.